The van der Waals surface area contributed by atoms with Crippen molar-refractivity contribution in [3.05, 3.63) is 40.8 Å². The van der Waals surface area contributed by atoms with Crippen LogP contribution >= 0.6 is 11.6 Å². The van der Waals surface area contributed by atoms with Gasteiger partial charge in [0.05, 0.1) is 5.52 Å². The van der Waals surface area contributed by atoms with Crippen LogP contribution in [0.3, 0.4) is 0 Å². The number of nitrogens with zero attached hydrogens (tertiary/aromatic N) is 4. The molecule has 1 atom stereocenters. The molecule has 3 aromatic rings. The van der Waals surface area contributed by atoms with Crippen LogP contribution < -0.4 is 10.6 Å². The molecule has 1 aliphatic carbocycles. The molecule has 0 unspecified atom stereocenters. The molecular weight excluding hydrogens is 390 g/mol. The van der Waals surface area contributed by atoms with E-state index in [1.54, 1.807) is 12.1 Å². The number of aromatic nitrogens is 4. The molecule has 9 heteroatoms. The largest absolute Gasteiger partial charge is 0.331 e. The van der Waals surface area contributed by atoms with Crippen molar-refractivity contribution in [1.82, 2.24) is 30.4 Å². The van der Waals surface area contributed by atoms with Crippen LogP contribution in [0.15, 0.2) is 24.3 Å². The van der Waals surface area contributed by atoms with Crippen LogP contribution in [-0.2, 0) is 0 Å². The van der Waals surface area contributed by atoms with E-state index in [1.165, 1.54) is 12.8 Å². The van der Waals surface area contributed by atoms with Crippen molar-refractivity contribution in [2.75, 3.05) is 25.0 Å². The number of hydrogen-bond acceptors (Lipinski definition) is 6. The number of hydrogen-bond donors (Lipinski definition) is 3. The van der Waals surface area contributed by atoms with E-state index in [2.05, 4.69) is 30.8 Å². The van der Waals surface area contributed by atoms with Crippen molar-refractivity contribution in [2.24, 2.45) is 0 Å². The van der Waals surface area contributed by atoms with Crippen LogP contribution in [0, 0.1) is 0 Å². The molecule has 29 heavy (non-hydrogen) atoms. The van der Waals surface area contributed by atoms with Gasteiger partial charge >= 0.3 is 0 Å². The van der Waals surface area contributed by atoms with Gasteiger partial charge in [-0.05, 0) is 38.0 Å². The number of H-pyrrole nitrogens is 1. The van der Waals surface area contributed by atoms with Gasteiger partial charge in [0.2, 0.25) is 5.82 Å². The zero-order valence-corrected chi connectivity index (χ0v) is 16.8. The predicted octanol–water partition coefficient (Wildman–Crippen LogP) is 3.06. The Morgan fingerprint density at radius 2 is 2.14 bits per heavy atom. The number of nitrogens with one attached hydrogen (secondary N) is 3. The molecule has 3 N–H and O–H groups in total. The Hall–Kier alpha value is -2.71. The summed E-state index contributed by atoms with van der Waals surface area (Å²) in [7, 11) is 0. The highest BCUT2D eigenvalue weighted by Crippen LogP contribution is 2.39. The Bertz CT molecular complexity index is 1080. The van der Waals surface area contributed by atoms with Crippen LogP contribution in [0.25, 0.3) is 10.9 Å². The van der Waals surface area contributed by atoms with E-state index in [9.17, 15) is 4.79 Å². The normalized spacial score (nSPS) is 19.5. The van der Waals surface area contributed by atoms with Gasteiger partial charge in [0, 0.05) is 53.8 Å². The van der Waals surface area contributed by atoms with Crippen molar-refractivity contribution in [1.29, 1.82) is 0 Å². The lowest BCUT2D eigenvalue weighted by Crippen LogP contribution is -2.52. The fraction of sp³-hybridized carbons (Fsp3) is 0.400. The second-order valence-corrected chi connectivity index (χ2v) is 8.15. The second-order valence-electron chi connectivity index (χ2n) is 7.72. The van der Waals surface area contributed by atoms with Gasteiger partial charge in [-0.15, -0.1) is 0 Å². The van der Waals surface area contributed by atoms with Crippen LogP contribution in [-0.4, -0.2) is 56.6 Å². The Kier molecular flexibility index (Phi) is 4.60. The van der Waals surface area contributed by atoms with E-state index >= 15 is 0 Å². The summed E-state index contributed by atoms with van der Waals surface area (Å²) in [5, 5.41) is 15.3. The Labute approximate surface area is 173 Å². The first kappa shape index (κ1) is 18.3. The summed E-state index contributed by atoms with van der Waals surface area (Å²) in [5.74, 6) is 1.77. The molecule has 2 aromatic heterocycles. The van der Waals surface area contributed by atoms with E-state index in [0.717, 1.165) is 24.2 Å². The van der Waals surface area contributed by atoms with Gasteiger partial charge in [0.25, 0.3) is 5.91 Å². The summed E-state index contributed by atoms with van der Waals surface area (Å²) in [4.78, 5) is 24.0. The van der Waals surface area contributed by atoms with E-state index in [0.29, 0.717) is 34.6 Å². The standard InChI is InChI=1S/C20H22ClN7O/c1-11-10-22-6-7-28(11)20(29)19-23-15-5-4-13(21)8-14(15)18(25-19)24-17-9-16(26-27-17)12-2-3-12/h4-5,8-9,11-12,22H,2-3,6-7,10H2,1H3,(H2,23,24,25,26,27)/t11-/m1/s1. The molecule has 1 saturated heterocycles. The molecule has 150 valence electrons. The Morgan fingerprint density at radius 3 is 2.93 bits per heavy atom. The first-order valence-corrected chi connectivity index (χ1v) is 10.3. The monoisotopic (exact) mass is 411 g/mol. The highest BCUT2D eigenvalue weighted by atomic mass is 35.5. The number of rotatable bonds is 4. The molecule has 3 heterocycles. The average molecular weight is 412 g/mol. The summed E-state index contributed by atoms with van der Waals surface area (Å²) in [6.07, 6.45) is 2.38. The molecule has 0 bridgehead atoms. The van der Waals surface area contributed by atoms with Crippen LogP contribution in [0.1, 0.15) is 42.0 Å². The second kappa shape index (κ2) is 7.27. The number of carbonyl (C=O) groups is 1. The van der Waals surface area contributed by atoms with Crippen molar-refractivity contribution in [2.45, 2.75) is 31.7 Å². The predicted molar refractivity (Wildman–Crippen MR) is 112 cm³/mol. The van der Waals surface area contributed by atoms with Gasteiger partial charge in [-0.3, -0.25) is 9.89 Å². The number of fused-ring (bicyclic) bond motifs is 1. The summed E-state index contributed by atoms with van der Waals surface area (Å²) in [6, 6.07) is 7.46. The summed E-state index contributed by atoms with van der Waals surface area (Å²) < 4.78 is 0. The third kappa shape index (κ3) is 3.65. The van der Waals surface area contributed by atoms with Crippen molar-refractivity contribution < 1.29 is 4.79 Å². The molecule has 1 aliphatic heterocycles. The third-order valence-electron chi connectivity index (χ3n) is 5.47. The smallest absolute Gasteiger partial charge is 0.292 e. The van der Waals surface area contributed by atoms with Crippen LogP contribution in [0.5, 0.6) is 0 Å². The topological polar surface area (TPSA) is 98.8 Å². The molecule has 1 amide bonds. The molecule has 1 saturated carbocycles. The lowest BCUT2D eigenvalue weighted by molar-refractivity contribution is 0.0643. The van der Waals surface area contributed by atoms with Gasteiger partial charge in [-0.25, -0.2) is 9.97 Å². The molecule has 1 aromatic carbocycles. The summed E-state index contributed by atoms with van der Waals surface area (Å²) in [5.41, 5.74) is 1.78. The van der Waals surface area contributed by atoms with E-state index in [4.69, 9.17) is 11.6 Å². The quantitative estimate of drug-likeness (QED) is 0.610. The van der Waals surface area contributed by atoms with E-state index < -0.39 is 0 Å². The fourth-order valence-electron chi connectivity index (χ4n) is 3.69. The van der Waals surface area contributed by atoms with E-state index in [1.807, 2.05) is 24.0 Å². The maximum atomic E-state index is 13.1. The Morgan fingerprint density at radius 1 is 1.28 bits per heavy atom. The molecular formula is C20H22ClN7O. The number of benzene rings is 1. The van der Waals surface area contributed by atoms with Gasteiger partial charge < -0.3 is 15.5 Å². The Balaban J connectivity index is 1.53. The minimum absolute atomic E-state index is 0.0876. The van der Waals surface area contributed by atoms with Crippen LogP contribution in [0.2, 0.25) is 5.02 Å². The lowest BCUT2D eigenvalue weighted by atomic mass is 10.2. The molecule has 8 nitrogen and oxygen atoms in total. The minimum Gasteiger partial charge on any atom is -0.331 e. The van der Waals surface area contributed by atoms with Gasteiger partial charge in [-0.1, -0.05) is 11.6 Å². The van der Waals surface area contributed by atoms with Crippen molar-refractivity contribution in [3.63, 3.8) is 0 Å². The molecule has 5 rings (SSSR count). The summed E-state index contributed by atoms with van der Waals surface area (Å²) >= 11 is 6.20. The maximum Gasteiger partial charge on any atom is 0.292 e. The SMILES string of the molecule is C[C@@H]1CNCCN1C(=O)c1nc(Nc2cc(C3CC3)[nH]n2)c2cc(Cl)ccc2n1. The minimum atomic E-state index is -0.167. The number of anilines is 2. The molecule has 2 aliphatic rings. The molecule has 0 radical (unpaired) electrons. The summed E-state index contributed by atoms with van der Waals surface area (Å²) in [6.45, 7) is 4.18. The van der Waals surface area contributed by atoms with E-state index in [-0.39, 0.29) is 17.8 Å². The van der Waals surface area contributed by atoms with Gasteiger partial charge in [0.1, 0.15) is 5.82 Å². The first-order valence-electron chi connectivity index (χ1n) is 9.90. The number of aromatic amines is 1. The molecule has 2 fully saturated rings. The zero-order valence-electron chi connectivity index (χ0n) is 16.1. The average Bonchev–Trinajstić information content (AvgIpc) is 3.47. The number of halogens is 1. The number of piperazine rings is 1. The lowest BCUT2D eigenvalue weighted by Gasteiger charge is -2.33. The first-order chi connectivity index (χ1) is 14.1. The zero-order chi connectivity index (χ0) is 20.0. The number of amides is 1. The maximum absolute atomic E-state index is 13.1. The van der Waals surface area contributed by atoms with Gasteiger partial charge in [0.15, 0.2) is 5.82 Å². The highest BCUT2D eigenvalue weighted by Gasteiger charge is 2.28. The fourth-order valence-corrected chi connectivity index (χ4v) is 3.86. The number of carbonyl (C=O) groups excluding carboxylic acids is 1. The molecule has 0 spiro atoms. The van der Waals surface area contributed by atoms with Gasteiger partial charge in [-0.2, -0.15) is 5.10 Å². The third-order valence-corrected chi connectivity index (χ3v) is 5.71. The van der Waals surface area contributed by atoms with Crippen molar-refractivity contribution in [3.8, 4) is 0 Å². The van der Waals surface area contributed by atoms with Crippen LogP contribution in [0.4, 0.5) is 11.6 Å². The van der Waals surface area contributed by atoms with Crippen molar-refractivity contribution >= 4 is 40.0 Å². The highest BCUT2D eigenvalue weighted by molar-refractivity contribution is 6.31.